The summed E-state index contributed by atoms with van der Waals surface area (Å²) in [5, 5.41) is 0. The van der Waals surface area contributed by atoms with E-state index in [0.717, 1.165) is 41.3 Å². The number of para-hydroxylation sites is 1. The van der Waals surface area contributed by atoms with Gasteiger partial charge in [-0.15, -0.1) is 0 Å². The van der Waals surface area contributed by atoms with Gasteiger partial charge in [0.1, 0.15) is 11.4 Å². The SMILES string of the molecule is Cc1nc2ccc(-c3cnc(N4C[C@@H](C)O[C@@H](C)C4)nc3)cn2c1Cc1ccccc1OC(F)F. The fourth-order valence-electron chi connectivity index (χ4n) is 4.61. The van der Waals surface area contributed by atoms with E-state index in [0.29, 0.717) is 17.9 Å². The van der Waals surface area contributed by atoms with E-state index in [1.54, 1.807) is 18.2 Å². The number of ether oxygens (including phenoxy) is 2. The molecule has 1 aliphatic rings. The summed E-state index contributed by atoms with van der Waals surface area (Å²) in [4.78, 5) is 16.0. The highest BCUT2D eigenvalue weighted by molar-refractivity contribution is 5.64. The van der Waals surface area contributed by atoms with Gasteiger partial charge in [-0.3, -0.25) is 0 Å². The number of hydrogen-bond donors (Lipinski definition) is 0. The highest BCUT2D eigenvalue weighted by Gasteiger charge is 2.24. The Morgan fingerprint density at radius 3 is 2.46 bits per heavy atom. The molecule has 0 N–H and O–H groups in total. The van der Waals surface area contributed by atoms with Gasteiger partial charge >= 0.3 is 6.61 Å². The summed E-state index contributed by atoms with van der Waals surface area (Å²) in [6.07, 6.45) is 6.29. The third kappa shape index (κ3) is 4.95. The molecule has 1 fully saturated rings. The number of halogens is 2. The number of pyridine rings is 1. The number of alkyl halides is 2. The summed E-state index contributed by atoms with van der Waals surface area (Å²) in [5.41, 5.74) is 5.00. The quantitative estimate of drug-likeness (QED) is 0.392. The van der Waals surface area contributed by atoms with E-state index in [2.05, 4.69) is 33.7 Å². The topological polar surface area (TPSA) is 64.8 Å². The van der Waals surface area contributed by atoms with Gasteiger partial charge in [0.05, 0.1) is 17.9 Å². The Morgan fingerprint density at radius 1 is 1.03 bits per heavy atom. The first-order valence-electron chi connectivity index (χ1n) is 11.6. The third-order valence-electron chi connectivity index (χ3n) is 6.14. The van der Waals surface area contributed by atoms with Crippen molar-refractivity contribution in [1.29, 1.82) is 0 Å². The molecule has 4 aromatic rings. The fourth-order valence-corrected chi connectivity index (χ4v) is 4.61. The molecule has 0 spiro atoms. The summed E-state index contributed by atoms with van der Waals surface area (Å²) in [7, 11) is 0. The Bertz CT molecular complexity index is 1320. The van der Waals surface area contributed by atoms with E-state index in [9.17, 15) is 8.78 Å². The monoisotopic (exact) mass is 479 g/mol. The van der Waals surface area contributed by atoms with Crippen molar-refractivity contribution in [1.82, 2.24) is 19.4 Å². The van der Waals surface area contributed by atoms with E-state index in [4.69, 9.17) is 9.47 Å². The number of aryl methyl sites for hydroxylation is 1. The maximum atomic E-state index is 12.9. The van der Waals surface area contributed by atoms with Crippen molar-refractivity contribution in [3.05, 3.63) is 71.9 Å². The number of imidazole rings is 1. The average molecular weight is 480 g/mol. The van der Waals surface area contributed by atoms with Crippen molar-refractivity contribution >= 4 is 11.6 Å². The Labute approximate surface area is 202 Å². The summed E-state index contributed by atoms with van der Waals surface area (Å²) >= 11 is 0. The van der Waals surface area contributed by atoms with Gasteiger partial charge in [-0.05, 0) is 39.0 Å². The minimum atomic E-state index is -2.88. The van der Waals surface area contributed by atoms with Crippen molar-refractivity contribution in [3.8, 4) is 16.9 Å². The van der Waals surface area contributed by atoms with Gasteiger partial charge in [-0.2, -0.15) is 8.78 Å². The zero-order valence-corrected chi connectivity index (χ0v) is 19.9. The van der Waals surface area contributed by atoms with Gasteiger partial charge in [0.25, 0.3) is 0 Å². The van der Waals surface area contributed by atoms with Crippen LogP contribution in [0.2, 0.25) is 0 Å². The molecule has 7 nitrogen and oxygen atoms in total. The molecule has 0 aliphatic carbocycles. The molecule has 0 unspecified atom stereocenters. The fraction of sp³-hybridized carbons (Fsp3) is 0.346. The normalized spacial score (nSPS) is 18.4. The second kappa shape index (κ2) is 9.58. The molecule has 1 aliphatic heterocycles. The number of aromatic nitrogens is 4. The molecule has 5 rings (SSSR count). The van der Waals surface area contributed by atoms with Gasteiger partial charge in [0.2, 0.25) is 5.95 Å². The van der Waals surface area contributed by atoms with Gasteiger partial charge < -0.3 is 18.8 Å². The Hall–Kier alpha value is -3.59. The van der Waals surface area contributed by atoms with Crippen LogP contribution in [-0.2, 0) is 11.2 Å². The molecule has 4 heterocycles. The van der Waals surface area contributed by atoms with E-state index in [-0.39, 0.29) is 18.0 Å². The number of rotatable bonds is 6. The van der Waals surface area contributed by atoms with Gasteiger partial charge in [0, 0.05) is 60.5 Å². The minimum Gasteiger partial charge on any atom is -0.435 e. The molecule has 182 valence electrons. The van der Waals surface area contributed by atoms with Crippen LogP contribution in [0, 0.1) is 6.92 Å². The number of morpholine rings is 1. The van der Waals surface area contributed by atoms with Crippen molar-refractivity contribution in [2.45, 2.75) is 46.0 Å². The van der Waals surface area contributed by atoms with Crippen LogP contribution < -0.4 is 9.64 Å². The lowest BCUT2D eigenvalue weighted by atomic mass is 10.1. The molecule has 9 heteroatoms. The molecule has 35 heavy (non-hydrogen) atoms. The summed E-state index contributed by atoms with van der Waals surface area (Å²) in [6, 6.07) is 10.8. The zero-order valence-electron chi connectivity index (χ0n) is 19.9. The Morgan fingerprint density at radius 2 is 1.74 bits per heavy atom. The molecule has 3 aromatic heterocycles. The molecule has 0 amide bonds. The van der Waals surface area contributed by atoms with Crippen molar-refractivity contribution in [3.63, 3.8) is 0 Å². The predicted octanol–water partition coefficient (Wildman–Crippen LogP) is 4.91. The lowest BCUT2D eigenvalue weighted by Gasteiger charge is -2.35. The maximum absolute atomic E-state index is 12.9. The number of benzene rings is 1. The smallest absolute Gasteiger partial charge is 0.387 e. The molecule has 1 saturated heterocycles. The van der Waals surface area contributed by atoms with Gasteiger partial charge in [-0.25, -0.2) is 15.0 Å². The minimum absolute atomic E-state index is 0.128. The number of anilines is 1. The molecular weight excluding hydrogens is 452 g/mol. The third-order valence-corrected chi connectivity index (χ3v) is 6.14. The van der Waals surface area contributed by atoms with Gasteiger partial charge in [0.15, 0.2) is 0 Å². The summed E-state index contributed by atoms with van der Waals surface area (Å²) < 4.78 is 38.3. The van der Waals surface area contributed by atoms with Crippen LogP contribution >= 0.6 is 0 Å². The van der Waals surface area contributed by atoms with Crippen LogP contribution in [0.4, 0.5) is 14.7 Å². The first-order valence-corrected chi connectivity index (χ1v) is 11.6. The van der Waals surface area contributed by atoms with Crippen molar-refractivity contribution in [2.24, 2.45) is 0 Å². The lowest BCUT2D eigenvalue weighted by Crippen LogP contribution is -2.46. The molecule has 1 aromatic carbocycles. The molecule has 2 atom stereocenters. The van der Waals surface area contributed by atoms with E-state index >= 15 is 0 Å². The van der Waals surface area contributed by atoms with E-state index in [1.165, 1.54) is 0 Å². The number of hydrogen-bond acceptors (Lipinski definition) is 6. The Kier molecular flexibility index (Phi) is 6.34. The van der Waals surface area contributed by atoms with E-state index in [1.807, 2.05) is 48.1 Å². The lowest BCUT2D eigenvalue weighted by molar-refractivity contribution is -0.0504. The van der Waals surface area contributed by atoms with Crippen LogP contribution in [0.25, 0.3) is 16.8 Å². The molecule has 0 saturated carbocycles. The number of fused-ring (bicyclic) bond motifs is 1. The predicted molar refractivity (Wildman–Crippen MR) is 129 cm³/mol. The Balaban J connectivity index is 1.44. The van der Waals surface area contributed by atoms with Crippen LogP contribution in [-0.4, -0.2) is 51.3 Å². The van der Waals surface area contributed by atoms with Crippen LogP contribution in [0.5, 0.6) is 5.75 Å². The maximum Gasteiger partial charge on any atom is 0.387 e. The number of nitrogens with zero attached hydrogens (tertiary/aromatic N) is 5. The largest absolute Gasteiger partial charge is 0.435 e. The zero-order chi connectivity index (χ0) is 24.5. The standard InChI is InChI=1S/C26H27F2N5O2/c1-16-13-32(14-17(2)34-16)26-29-11-21(12-30-26)20-8-9-24-31-18(3)22(33(24)15-20)10-19-6-4-5-7-23(19)35-25(27)28/h4-9,11-12,15-17,25H,10,13-14H2,1-3H3/t16-,17+. The van der Waals surface area contributed by atoms with Gasteiger partial charge in [-0.1, -0.05) is 18.2 Å². The van der Waals surface area contributed by atoms with Crippen molar-refractivity contribution < 1.29 is 18.3 Å². The van der Waals surface area contributed by atoms with Crippen LogP contribution in [0.15, 0.2) is 55.0 Å². The first-order chi connectivity index (χ1) is 16.9. The summed E-state index contributed by atoms with van der Waals surface area (Å²) in [6.45, 7) is 4.65. The summed E-state index contributed by atoms with van der Waals surface area (Å²) in [5.74, 6) is 0.857. The van der Waals surface area contributed by atoms with Crippen LogP contribution in [0.3, 0.4) is 0 Å². The molecule has 0 radical (unpaired) electrons. The average Bonchev–Trinajstić information content (AvgIpc) is 3.13. The highest BCUT2D eigenvalue weighted by atomic mass is 19.3. The van der Waals surface area contributed by atoms with Crippen LogP contribution in [0.1, 0.15) is 30.8 Å². The molecular formula is C26H27F2N5O2. The second-order valence-electron chi connectivity index (χ2n) is 8.89. The van der Waals surface area contributed by atoms with Crippen molar-refractivity contribution in [2.75, 3.05) is 18.0 Å². The highest BCUT2D eigenvalue weighted by Crippen LogP contribution is 2.27. The first kappa shape index (κ1) is 23.2. The second-order valence-corrected chi connectivity index (χ2v) is 8.89. The van der Waals surface area contributed by atoms with E-state index < -0.39 is 6.61 Å². The molecule has 0 bridgehead atoms.